The molecule has 0 heterocycles. The highest BCUT2D eigenvalue weighted by atomic mass is 28.4. The summed E-state index contributed by atoms with van der Waals surface area (Å²) in [4.78, 5) is 13.6. The first-order valence-corrected chi connectivity index (χ1v) is 16.5. The predicted octanol–water partition coefficient (Wildman–Crippen LogP) is 7.69. The summed E-state index contributed by atoms with van der Waals surface area (Å²) in [5.74, 6) is 1.27. The zero-order valence-electron chi connectivity index (χ0n) is 20.3. The van der Waals surface area contributed by atoms with Gasteiger partial charge in [-0.2, -0.15) is 0 Å². The highest BCUT2D eigenvalue weighted by Gasteiger charge is 2.41. The molecule has 0 saturated heterocycles. The van der Waals surface area contributed by atoms with Crippen molar-refractivity contribution in [2.24, 2.45) is 0 Å². The van der Waals surface area contributed by atoms with E-state index < -0.39 is 16.6 Å². The van der Waals surface area contributed by atoms with Crippen LogP contribution in [0.2, 0.25) is 36.3 Å². The Balaban J connectivity index is 2.47. The number of hydrogen-bond acceptors (Lipinski definition) is 3. The fourth-order valence-corrected chi connectivity index (χ4v) is 4.56. The first kappa shape index (κ1) is 24.4. The van der Waals surface area contributed by atoms with Crippen molar-refractivity contribution in [2.45, 2.75) is 77.8 Å². The van der Waals surface area contributed by atoms with Gasteiger partial charge in [-0.3, -0.25) is 4.79 Å². The SMILES string of the molecule is CC(C)(C)[Si](C)(C)Oc1ccccc1C(=O)c1ccccc1O[Si](C)(C)C(C)(C)C. The second kappa shape index (κ2) is 8.35. The average Bonchev–Trinajstić information content (AvgIpc) is 2.59. The van der Waals surface area contributed by atoms with E-state index in [0.29, 0.717) is 22.6 Å². The lowest BCUT2D eigenvalue weighted by atomic mass is 10.0. The van der Waals surface area contributed by atoms with Crippen molar-refractivity contribution >= 4 is 22.4 Å². The second-order valence-electron chi connectivity index (χ2n) is 11.0. The van der Waals surface area contributed by atoms with Crippen LogP contribution in [0.1, 0.15) is 57.5 Å². The topological polar surface area (TPSA) is 35.5 Å². The number of para-hydroxylation sites is 2. The van der Waals surface area contributed by atoms with E-state index in [1.807, 2.05) is 48.5 Å². The third-order valence-corrected chi connectivity index (χ3v) is 15.3. The molecule has 30 heavy (non-hydrogen) atoms. The standard InChI is InChI=1S/C25H38O3Si2/c1-24(2,3)29(7,8)27-21-17-13-11-15-19(21)23(26)20-16-12-14-18-22(20)28-30(9,10)25(4,5)6/h11-18H,1-10H3. The number of ketones is 1. The van der Waals surface area contributed by atoms with Gasteiger partial charge in [-0.1, -0.05) is 65.8 Å². The Kier molecular flexibility index (Phi) is 6.79. The Bertz CT molecular complexity index is 830. The van der Waals surface area contributed by atoms with Crippen LogP contribution in [0.25, 0.3) is 0 Å². The lowest BCUT2D eigenvalue weighted by Crippen LogP contribution is -2.44. The van der Waals surface area contributed by atoms with E-state index in [1.165, 1.54) is 0 Å². The summed E-state index contributed by atoms with van der Waals surface area (Å²) in [5, 5.41) is 0.0963. The summed E-state index contributed by atoms with van der Waals surface area (Å²) in [6.45, 7) is 22.0. The maximum absolute atomic E-state index is 13.6. The molecule has 0 atom stereocenters. The number of hydrogen-bond donors (Lipinski definition) is 0. The highest BCUT2D eigenvalue weighted by molar-refractivity contribution is 6.75. The van der Waals surface area contributed by atoms with Crippen LogP contribution in [0.15, 0.2) is 48.5 Å². The summed E-state index contributed by atoms with van der Waals surface area (Å²) in [7, 11) is -4.15. The highest BCUT2D eigenvalue weighted by Crippen LogP contribution is 2.40. The molecule has 0 N–H and O–H groups in total. The fourth-order valence-electron chi connectivity index (χ4n) is 2.49. The molecule has 164 valence electrons. The molecule has 0 bridgehead atoms. The average molecular weight is 443 g/mol. The summed E-state index contributed by atoms with van der Waals surface area (Å²) < 4.78 is 13.0. The van der Waals surface area contributed by atoms with Crippen LogP contribution in [0, 0.1) is 0 Å². The molecular formula is C25H38O3Si2. The van der Waals surface area contributed by atoms with Gasteiger partial charge >= 0.3 is 0 Å². The van der Waals surface area contributed by atoms with Crippen LogP contribution in [0.3, 0.4) is 0 Å². The van der Waals surface area contributed by atoms with E-state index in [2.05, 4.69) is 67.7 Å². The van der Waals surface area contributed by atoms with E-state index in [-0.39, 0.29) is 15.9 Å². The molecule has 0 unspecified atom stereocenters. The summed E-state index contributed by atoms with van der Waals surface area (Å²) in [6, 6.07) is 15.2. The summed E-state index contributed by atoms with van der Waals surface area (Å²) in [6.07, 6.45) is 0. The first-order chi connectivity index (χ1) is 13.6. The Labute approximate surface area is 185 Å². The van der Waals surface area contributed by atoms with E-state index in [1.54, 1.807) is 0 Å². The molecule has 0 aliphatic heterocycles. The maximum atomic E-state index is 13.6. The van der Waals surface area contributed by atoms with Crippen molar-refractivity contribution in [2.75, 3.05) is 0 Å². The Morgan fingerprint density at radius 1 is 0.633 bits per heavy atom. The predicted molar refractivity (Wildman–Crippen MR) is 132 cm³/mol. The molecule has 0 aromatic heterocycles. The van der Waals surface area contributed by atoms with Crippen LogP contribution in [0.5, 0.6) is 11.5 Å². The molecule has 0 aliphatic carbocycles. The van der Waals surface area contributed by atoms with E-state index in [0.717, 1.165) is 0 Å². The smallest absolute Gasteiger partial charge is 0.250 e. The maximum Gasteiger partial charge on any atom is 0.250 e. The molecule has 2 aromatic carbocycles. The minimum atomic E-state index is -2.08. The Morgan fingerprint density at radius 2 is 0.933 bits per heavy atom. The van der Waals surface area contributed by atoms with E-state index >= 15 is 0 Å². The van der Waals surface area contributed by atoms with Crippen molar-refractivity contribution in [3.63, 3.8) is 0 Å². The molecule has 0 aliphatic rings. The zero-order valence-corrected chi connectivity index (χ0v) is 22.3. The van der Waals surface area contributed by atoms with Crippen LogP contribution >= 0.6 is 0 Å². The molecule has 0 saturated carbocycles. The first-order valence-electron chi connectivity index (χ1n) is 10.7. The molecule has 0 amide bonds. The van der Waals surface area contributed by atoms with Gasteiger partial charge in [0, 0.05) is 0 Å². The van der Waals surface area contributed by atoms with E-state index in [9.17, 15) is 4.79 Å². The van der Waals surface area contributed by atoms with Gasteiger partial charge in [0.05, 0.1) is 11.1 Å². The van der Waals surface area contributed by atoms with Gasteiger partial charge in [0.15, 0.2) is 5.78 Å². The third-order valence-electron chi connectivity index (χ3n) is 6.61. The molecule has 0 radical (unpaired) electrons. The second-order valence-corrected chi connectivity index (χ2v) is 20.5. The minimum absolute atomic E-state index is 0.0481. The van der Waals surface area contributed by atoms with Crippen molar-refractivity contribution in [3.05, 3.63) is 59.7 Å². The third kappa shape index (κ3) is 5.24. The monoisotopic (exact) mass is 442 g/mol. The van der Waals surface area contributed by atoms with Crippen molar-refractivity contribution in [1.29, 1.82) is 0 Å². The number of carbonyl (C=O) groups excluding carboxylic acids is 1. The van der Waals surface area contributed by atoms with Crippen LogP contribution in [-0.2, 0) is 0 Å². The summed E-state index contributed by atoms with van der Waals surface area (Å²) >= 11 is 0. The molecule has 3 nitrogen and oxygen atoms in total. The Morgan fingerprint density at radius 3 is 1.23 bits per heavy atom. The molecule has 2 rings (SSSR count). The van der Waals surface area contributed by atoms with Crippen LogP contribution in [0.4, 0.5) is 0 Å². The van der Waals surface area contributed by atoms with Gasteiger partial charge in [0.25, 0.3) is 16.6 Å². The fraction of sp³-hybridized carbons (Fsp3) is 0.480. The number of carbonyl (C=O) groups is 1. The van der Waals surface area contributed by atoms with Crippen molar-refractivity contribution in [3.8, 4) is 11.5 Å². The van der Waals surface area contributed by atoms with Crippen molar-refractivity contribution in [1.82, 2.24) is 0 Å². The molecule has 0 spiro atoms. The van der Waals surface area contributed by atoms with Crippen LogP contribution in [-0.4, -0.2) is 22.4 Å². The normalized spacial score (nSPS) is 13.1. The Hall–Kier alpha value is -1.86. The van der Waals surface area contributed by atoms with Gasteiger partial charge in [-0.15, -0.1) is 0 Å². The molecule has 5 heteroatoms. The number of rotatable bonds is 6. The van der Waals surface area contributed by atoms with Gasteiger partial charge in [-0.05, 0) is 60.5 Å². The number of benzene rings is 2. The summed E-state index contributed by atoms with van der Waals surface area (Å²) in [5.41, 5.74) is 1.18. The van der Waals surface area contributed by atoms with Gasteiger partial charge in [0.1, 0.15) is 11.5 Å². The van der Waals surface area contributed by atoms with Gasteiger partial charge in [0.2, 0.25) is 0 Å². The van der Waals surface area contributed by atoms with Crippen LogP contribution < -0.4 is 8.85 Å². The minimum Gasteiger partial charge on any atom is -0.543 e. The lowest BCUT2D eigenvalue weighted by molar-refractivity contribution is 0.103. The zero-order chi connectivity index (χ0) is 23.0. The van der Waals surface area contributed by atoms with E-state index in [4.69, 9.17) is 8.85 Å². The lowest BCUT2D eigenvalue weighted by Gasteiger charge is -2.37. The van der Waals surface area contributed by atoms with Crippen molar-refractivity contribution < 1.29 is 13.6 Å². The van der Waals surface area contributed by atoms with Gasteiger partial charge < -0.3 is 8.85 Å². The largest absolute Gasteiger partial charge is 0.543 e. The molecular weight excluding hydrogens is 404 g/mol. The molecule has 2 aromatic rings. The molecule has 0 fully saturated rings. The quantitative estimate of drug-likeness (QED) is 0.340. The van der Waals surface area contributed by atoms with Gasteiger partial charge in [-0.25, -0.2) is 0 Å².